The first kappa shape index (κ1) is 24.1. The number of hydrogen-bond acceptors (Lipinski definition) is 6. The zero-order chi connectivity index (χ0) is 23.1. The van der Waals surface area contributed by atoms with Crippen LogP contribution in [0.2, 0.25) is 0 Å². The van der Waals surface area contributed by atoms with Gasteiger partial charge in [0.1, 0.15) is 6.07 Å². The number of nitrogens with zero attached hydrogens (tertiary/aromatic N) is 4. The monoisotopic (exact) mass is 437 g/mol. The summed E-state index contributed by atoms with van der Waals surface area (Å²) in [5.74, 6) is 2.41. The lowest BCUT2D eigenvalue weighted by molar-refractivity contribution is 0.277. The summed E-state index contributed by atoms with van der Waals surface area (Å²) in [7, 11) is 8.23. The highest BCUT2D eigenvalue weighted by Crippen LogP contribution is 2.38. The molecule has 0 unspecified atom stereocenters. The maximum absolute atomic E-state index is 9.62. The molecule has 6 heteroatoms. The molecule has 174 valence electrons. The Balaban J connectivity index is 1.65. The highest BCUT2D eigenvalue weighted by molar-refractivity contribution is 5.48. The Labute approximate surface area is 193 Å². The van der Waals surface area contributed by atoms with E-state index in [1.54, 1.807) is 0 Å². The molecule has 1 aliphatic rings. The third kappa shape index (κ3) is 6.04. The maximum atomic E-state index is 9.62. The molecule has 2 aromatic rings. The Bertz CT molecular complexity index is 873. The van der Waals surface area contributed by atoms with E-state index in [1.165, 1.54) is 43.4 Å². The standard InChI is InChI=1S/C26H39N5O/c1-6-7-8-19-9-11-21(12-10-19)25-29-23(17-27)26(32-25)28-18-24(31(4)5)20-13-15-22(16-14-20)30(2)3/h13-16,19,21,24,28H,6-12,18H2,1-5H3/t19?,21?,24-/m0/s1. The fourth-order valence-corrected chi connectivity index (χ4v) is 4.68. The van der Waals surface area contributed by atoms with Crippen molar-refractivity contribution in [3.8, 4) is 6.07 Å². The van der Waals surface area contributed by atoms with E-state index < -0.39 is 0 Å². The number of aromatic nitrogens is 1. The number of rotatable bonds is 10. The number of anilines is 2. The van der Waals surface area contributed by atoms with Crippen LogP contribution in [0.15, 0.2) is 28.7 Å². The van der Waals surface area contributed by atoms with Crippen molar-refractivity contribution in [3.05, 3.63) is 41.4 Å². The number of hydrogen-bond donors (Lipinski definition) is 1. The fraction of sp³-hybridized carbons (Fsp3) is 0.615. The highest BCUT2D eigenvalue weighted by atomic mass is 16.4. The topological polar surface area (TPSA) is 68.3 Å². The van der Waals surface area contributed by atoms with Gasteiger partial charge in [0.25, 0.3) is 0 Å². The summed E-state index contributed by atoms with van der Waals surface area (Å²) in [6, 6.07) is 11.0. The van der Waals surface area contributed by atoms with E-state index in [4.69, 9.17) is 4.42 Å². The molecule has 6 nitrogen and oxygen atoms in total. The first-order chi connectivity index (χ1) is 15.4. The summed E-state index contributed by atoms with van der Waals surface area (Å²) in [5.41, 5.74) is 2.76. The molecule has 32 heavy (non-hydrogen) atoms. The molecule has 1 fully saturated rings. The third-order valence-electron chi connectivity index (χ3n) is 6.79. The minimum absolute atomic E-state index is 0.153. The molecule has 3 rings (SSSR count). The largest absolute Gasteiger partial charge is 0.424 e. The Morgan fingerprint density at radius 3 is 2.38 bits per heavy atom. The second-order valence-corrected chi connectivity index (χ2v) is 9.55. The number of benzene rings is 1. The van der Waals surface area contributed by atoms with Gasteiger partial charge in [-0.1, -0.05) is 38.3 Å². The number of nitriles is 1. The van der Waals surface area contributed by atoms with E-state index in [0.717, 1.165) is 24.7 Å². The molecule has 0 saturated heterocycles. The average Bonchev–Trinajstić information content (AvgIpc) is 3.21. The van der Waals surface area contributed by atoms with Crippen LogP contribution in [0, 0.1) is 17.2 Å². The lowest BCUT2D eigenvalue weighted by Gasteiger charge is -2.26. The van der Waals surface area contributed by atoms with Crippen molar-refractivity contribution in [2.75, 3.05) is 45.0 Å². The average molecular weight is 438 g/mol. The Hall–Kier alpha value is -2.52. The van der Waals surface area contributed by atoms with E-state index >= 15 is 0 Å². The van der Waals surface area contributed by atoms with Crippen LogP contribution in [0.4, 0.5) is 11.6 Å². The van der Waals surface area contributed by atoms with E-state index in [2.05, 4.69) is 71.5 Å². The molecule has 1 aromatic heterocycles. The number of oxazole rings is 1. The van der Waals surface area contributed by atoms with Crippen LogP contribution in [-0.2, 0) is 0 Å². The second-order valence-electron chi connectivity index (χ2n) is 9.55. The normalized spacial score (nSPS) is 19.5. The van der Waals surface area contributed by atoms with Gasteiger partial charge < -0.3 is 19.5 Å². The molecule has 1 aromatic carbocycles. The minimum Gasteiger partial charge on any atom is -0.424 e. The summed E-state index contributed by atoms with van der Waals surface area (Å²) in [4.78, 5) is 8.83. The molecule has 1 aliphatic carbocycles. The number of unbranched alkanes of at least 4 members (excludes halogenated alkanes) is 1. The quantitative estimate of drug-likeness (QED) is 0.507. The van der Waals surface area contributed by atoms with Gasteiger partial charge in [-0.15, -0.1) is 0 Å². The molecule has 1 N–H and O–H groups in total. The van der Waals surface area contributed by atoms with Crippen LogP contribution in [0.1, 0.15) is 81.0 Å². The number of nitrogens with one attached hydrogen (secondary N) is 1. The molecule has 0 radical (unpaired) electrons. The third-order valence-corrected chi connectivity index (χ3v) is 6.79. The SMILES string of the molecule is CCCCC1CCC(c2nc(C#N)c(NC[C@@H](c3ccc(N(C)C)cc3)N(C)C)o2)CC1. The van der Waals surface area contributed by atoms with Crippen molar-refractivity contribution in [2.24, 2.45) is 5.92 Å². The summed E-state index contributed by atoms with van der Waals surface area (Å²) in [5, 5.41) is 13.0. The van der Waals surface area contributed by atoms with Crippen LogP contribution >= 0.6 is 0 Å². The first-order valence-corrected chi connectivity index (χ1v) is 12.0. The number of likely N-dealkylation sites (N-methyl/N-ethyl adjacent to an activating group) is 1. The summed E-state index contributed by atoms with van der Waals surface area (Å²) < 4.78 is 6.11. The van der Waals surface area contributed by atoms with Crippen molar-refractivity contribution in [3.63, 3.8) is 0 Å². The van der Waals surface area contributed by atoms with Gasteiger partial charge in [-0.2, -0.15) is 5.26 Å². The summed E-state index contributed by atoms with van der Waals surface area (Å²) in [6.45, 7) is 2.90. The van der Waals surface area contributed by atoms with Crippen molar-refractivity contribution >= 4 is 11.6 Å². The van der Waals surface area contributed by atoms with Crippen LogP contribution in [0.5, 0.6) is 0 Å². The Morgan fingerprint density at radius 2 is 1.81 bits per heavy atom. The second kappa shape index (κ2) is 11.4. The Morgan fingerprint density at radius 1 is 1.12 bits per heavy atom. The van der Waals surface area contributed by atoms with Gasteiger partial charge >= 0.3 is 0 Å². The molecular formula is C26H39N5O. The molecule has 0 amide bonds. The smallest absolute Gasteiger partial charge is 0.232 e. The summed E-state index contributed by atoms with van der Waals surface area (Å²) in [6.07, 6.45) is 8.63. The highest BCUT2D eigenvalue weighted by Gasteiger charge is 2.27. The predicted octanol–water partition coefficient (Wildman–Crippen LogP) is 5.79. The minimum atomic E-state index is 0.153. The molecule has 0 bridgehead atoms. The van der Waals surface area contributed by atoms with Crippen molar-refractivity contribution in [1.29, 1.82) is 5.26 Å². The van der Waals surface area contributed by atoms with Crippen molar-refractivity contribution in [2.45, 2.75) is 63.8 Å². The zero-order valence-electron chi connectivity index (χ0n) is 20.4. The van der Waals surface area contributed by atoms with E-state index in [0.29, 0.717) is 24.0 Å². The zero-order valence-corrected chi connectivity index (χ0v) is 20.4. The van der Waals surface area contributed by atoms with E-state index in [1.807, 2.05) is 14.1 Å². The van der Waals surface area contributed by atoms with Gasteiger partial charge in [-0.3, -0.25) is 0 Å². The van der Waals surface area contributed by atoms with Gasteiger partial charge in [0.2, 0.25) is 17.5 Å². The lowest BCUT2D eigenvalue weighted by atomic mass is 9.80. The first-order valence-electron chi connectivity index (χ1n) is 12.0. The van der Waals surface area contributed by atoms with Gasteiger partial charge in [0.05, 0.1) is 6.04 Å². The maximum Gasteiger partial charge on any atom is 0.232 e. The summed E-state index contributed by atoms with van der Waals surface area (Å²) >= 11 is 0. The van der Waals surface area contributed by atoms with Crippen LogP contribution in [0.3, 0.4) is 0 Å². The predicted molar refractivity (Wildman–Crippen MR) is 131 cm³/mol. The van der Waals surface area contributed by atoms with Crippen LogP contribution in [0.25, 0.3) is 0 Å². The molecule has 1 saturated carbocycles. The van der Waals surface area contributed by atoms with Crippen molar-refractivity contribution in [1.82, 2.24) is 9.88 Å². The van der Waals surface area contributed by atoms with Crippen LogP contribution in [-0.4, -0.2) is 44.6 Å². The molecule has 0 spiro atoms. The van der Waals surface area contributed by atoms with Crippen molar-refractivity contribution < 1.29 is 4.42 Å². The van der Waals surface area contributed by atoms with Gasteiger partial charge in [0.15, 0.2) is 0 Å². The molecule has 1 heterocycles. The lowest BCUT2D eigenvalue weighted by Crippen LogP contribution is -2.27. The molecular weight excluding hydrogens is 398 g/mol. The van der Waals surface area contributed by atoms with E-state index in [9.17, 15) is 5.26 Å². The molecule has 1 atom stereocenters. The molecule has 0 aliphatic heterocycles. The van der Waals surface area contributed by atoms with Gasteiger partial charge in [-0.05, 0) is 63.4 Å². The van der Waals surface area contributed by atoms with Gasteiger partial charge in [0, 0.05) is 32.2 Å². The Kier molecular flexibility index (Phi) is 8.58. The van der Waals surface area contributed by atoms with E-state index in [-0.39, 0.29) is 6.04 Å². The fourth-order valence-electron chi connectivity index (χ4n) is 4.68. The van der Waals surface area contributed by atoms with Crippen LogP contribution < -0.4 is 10.2 Å². The van der Waals surface area contributed by atoms with Gasteiger partial charge in [-0.25, -0.2) is 4.98 Å².